The Morgan fingerprint density at radius 1 is 1.21 bits per heavy atom. The first-order valence-electron chi connectivity index (χ1n) is 4.36. The number of hydrogen-bond donors (Lipinski definition) is 0. The third-order valence-corrected chi connectivity index (χ3v) is 1.96. The standard InChI is InChI=1S/C11H13NO2/c1-12-7-6-9-4-5-10(13-2)11(8-9)14-3/h4-5,8H,6-7H2,2-3H3. The van der Waals surface area contributed by atoms with Gasteiger partial charge in [0.25, 0.3) is 0 Å². The molecule has 0 heterocycles. The lowest BCUT2D eigenvalue weighted by molar-refractivity contribution is 0.354. The summed E-state index contributed by atoms with van der Waals surface area (Å²) in [7, 11) is 3.22. The molecule has 0 spiro atoms. The van der Waals surface area contributed by atoms with Crippen molar-refractivity contribution >= 4 is 0 Å². The van der Waals surface area contributed by atoms with Crippen LogP contribution in [0.5, 0.6) is 11.5 Å². The molecule has 0 unspecified atom stereocenters. The summed E-state index contributed by atoms with van der Waals surface area (Å²) in [6.45, 7) is 7.21. The van der Waals surface area contributed by atoms with Gasteiger partial charge in [-0.15, -0.1) is 0 Å². The molecule has 0 saturated heterocycles. The second-order valence-electron chi connectivity index (χ2n) is 2.82. The lowest BCUT2D eigenvalue weighted by Gasteiger charge is -2.08. The summed E-state index contributed by atoms with van der Waals surface area (Å²) < 4.78 is 10.3. The van der Waals surface area contributed by atoms with E-state index in [2.05, 4.69) is 4.85 Å². The van der Waals surface area contributed by atoms with Crippen molar-refractivity contribution in [1.29, 1.82) is 0 Å². The van der Waals surface area contributed by atoms with E-state index >= 15 is 0 Å². The van der Waals surface area contributed by atoms with Gasteiger partial charge in [-0.1, -0.05) is 6.07 Å². The van der Waals surface area contributed by atoms with Gasteiger partial charge >= 0.3 is 0 Å². The van der Waals surface area contributed by atoms with Crippen LogP contribution < -0.4 is 9.47 Å². The Morgan fingerprint density at radius 2 is 1.93 bits per heavy atom. The van der Waals surface area contributed by atoms with Gasteiger partial charge < -0.3 is 14.3 Å². The predicted molar refractivity (Wildman–Crippen MR) is 54.7 cm³/mol. The van der Waals surface area contributed by atoms with E-state index in [1.807, 2.05) is 18.2 Å². The number of nitrogens with zero attached hydrogens (tertiary/aromatic N) is 1. The maximum atomic E-state index is 6.70. The molecule has 0 aliphatic carbocycles. The van der Waals surface area contributed by atoms with Crippen LogP contribution in [0.4, 0.5) is 0 Å². The zero-order chi connectivity index (χ0) is 10.4. The van der Waals surface area contributed by atoms with E-state index in [4.69, 9.17) is 16.0 Å². The van der Waals surface area contributed by atoms with E-state index in [1.165, 1.54) is 0 Å². The summed E-state index contributed by atoms with van der Waals surface area (Å²) in [4.78, 5) is 3.31. The Morgan fingerprint density at radius 3 is 2.50 bits per heavy atom. The van der Waals surface area contributed by atoms with E-state index in [1.54, 1.807) is 14.2 Å². The molecule has 0 N–H and O–H groups in total. The summed E-state index contributed by atoms with van der Waals surface area (Å²) >= 11 is 0. The molecule has 0 saturated carbocycles. The summed E-state index contributed by atoms with van der Waals surface area (Å²) in [5.41, 5.74) is 1.10. The fourth-order valence-electron chi connectivity index (χ4n) is 1.22. The van der Waals surface area contributed by atoms with Crippen molar-refractivity contribution in [2.75, 3.05) is 20.8 Å². The van der Waals surface area contributed by atoms with Gasteiger partial charge in [0, 0.05) is 6.42 Å². The van der Waals surface area contributed by atoms with E-state index in [0.29, 0.717) is 6.54 Å². The SMILES string of the molecule is [C-]#[N+]CCc1ccc(OC)c(OC)c1. The van der Waals surface area contributed by atoms with Gasteiger partial charge in [0.2, 0.25) is 6.54 Å². The second kappa shape index (κ2) is 5.13. The summed E-state index contributed by atoms with van der Waals surface area (Å²) in [5.74, 6) is 1.44. The third-order valence-electron chi connectivity index (χ3n) is 1.96. The molecule has 0 bridgehead atoms. The molecule has 3 nitrogen and oxygen atoms in total. The normalized spacial score (nSPS) is 9.21. The predicted octanol–water partition coefficient (Wildman–Crippen LogP) is 2.17. The molecule has 1 aromatic rings. The molecule has 1 aromatic carbocycles. The van der Waals surface area contributed by atoms with Gasteiger partial charge in [0.15, 0.2) is 11.5 Å². The molecule has 0 amide bonds. The topological polar surface area (TPSA) is 22.8 Å². The minimum absolute atomic E-state index is 0.509. The lowest BCUT2D eigenvalue weighted by atomic mass is 10.1. The minimum Gasteiger partial charge on any atom is -0.493 e. The van der Waals surface area contributed by atoms with Gasteiger partial charge in [-0.2, -0.15) is 0 Å². The molecular weight excluding hydrogens is 178 g/mol. The van der Waals surface area contributed by atoms with E-state index in [9.17, 15) is 0 Å². The van der Waals surface area contributed by atoms with Crippen LogP contribution in [0, 0.1) is 6.57 Å². The zero-order valence-electron chi connectivity index (χ0n) is 8.41. The van der Waals surface area contributed by atoms with Crippen LogP contribution >= 0.6 is 0 Å². The van der Waals surface area contributed by atoms with Gasteiger partial charge in [-0.05, 0) is 17.7 Å². The van der Waals surface area contributed by atoms with Crippen LogP contribution in [0.15, 0.2) is 18.2 Å². The molecule has 14 heavy (non-hydrogen) atoms. The maximum absolute atomic E-state index is 6.70. The second-order valence-corrected chi connectivity index (χ2v) is 2.82. The highest BCUT2D eigenvalue weighted by atomic mass is 16.5. The highest BCUT2D eigenvalue weighted by Gasteiger charge is 2.04. The highest BCUT2D eigenvalue weighted by Crippen LogP contribution is 2.27. The van der Waals surface area contributed by atoms with Crippen LogP contribution in [-0.4, -0.2) is 20.8 Å². The van der Waals surface area contributed by atoms with Crippen LogP contribution in [0.1, 0.15) is 5.56 Å². The van der Waals surface area contributed by atoms with E-state index in [-0.39, 0.29) is 0 Å². The number of benzene rings is 1. The van der Waals surface area contributed by atoms with Crippen LogP contribution in [0.3, 0.4) is 0 Å². The number of ether oxygens (including phenoxy) is 2. The summed E-state index contributed by atoms with van der Waals surface area (Å²) in [5, 5.41) is 0. The van der Waals surface area contributed by atoms with Crippen molar-refractivity contribution in [2.45, 2.75) is 6.42 Å². The van der Waals surface area contributed by atoms with Crippen LogP contribution in [0.25, 0.3) is 4.85 Å². The minimum atomic E-state index is 0.509. The molecule has 0 aliphatic rings. The Balaban J connectivity index is 2.85. The first kappa shape index (κ1) is 10.4. The Kier molecular flexibility index (Phi) is 3.81. The van der Waals surface area contributed by atoms with E-state index < -0.39 is 0 Å². The molecule has 74 valence electrons. The largest absolute Gasteiger partial charge is 0.493 e. The van der Waals surface area contributed by atoms with Crippen molar-refractivity contribution in [2.24, 2.45) is 0 Å². The lowest BCUT2D eigenvalue weighted by Crippen LogP contribution is -1.93. The summed E-state index contributed by atoms with van der Waals surface area (Å²) in [6.07, 6.45) is 0.754. The van der Waals surface area contributed by atoms with E-state index in [0.717, 1.165) is 23.5 Å². The van der Waals surface area contributed by atoms with Crippen molar-refractivity contribution in [3.05, 3.63) is 35.2 Å². The van der Waals surface area contributed by atoms with Crippen molar-refractivity contribution in [3.63, 3.8) is 0 Å². The highest BCUT2D eigenvalue weighted by molar-refractivity contribution is 5.42. The maximum Gasteiger partial charge on any atom is 0.218 e. The third kappa shape index (κ3) is 2.40. The molecule has 1 rings (SSSR count). The Hall–Kier alpha value is -1.69. The molecule has 0 radical (unpaired) electrons. The monoisotopic (exact) mass is 191 g/mol. The van der Waals surface area contributed by atoms with Gasteiger partial charge in [-0.3, -0.25) is 0 Å². The molecule has 0 aromatic heterocycles. The number of hydrogen-bond acceptors (Lipinski definition) is 2. The van der Waals surface area contributed by atoms with Crippen molar-refractivity contribution in [1.82, 2.24) is 0 Å². The molecule has 0 fully saturated rings. The van der Waals surface area contributed by atoms with Gasteiger partial charge in [0.1, 0.15) is 0 Å². The van der Waals surface area contributed by atoms with Crippen molar-refractivity contribution < 1.29 is 9.47 Å². The van der Waals surface area contributed by atoms with Gasteiger partial charge in [0.05, 0.1) is 14.2 Å². The van der Waals surface area contributed by atoms with Crippen LogP contribution in [-0.2, 0) is 6.42 Å². The van der Waals surface area contributed by atoms with Crippen LogP contribution in [0.2, 0.25) is 0 Å². The first-order chi connectivity index (χ1) is 6.81. The Bertz CT molecular complexity index is 342. The number of rotatable bonds is 4. The first-order valence-corrected chi connectivity index (χ1v) is 4.36. The molecule has 0 atom stereocenters. The average Bonchev–Trinajstić information content (AvgIpc) is 2.25. The fourth-order valence-corrected chi connectivity index (χ4v) is 1.22. The quantitative estimate of drug-likeness (QED) is 0.681. The fraction of sp³-hybridized carbons (Fsp3) is 0.364. The smallest absolute Gasteiger partial charge is 0.218 e. The average molecular weight is 191 g/mol. The molecular formula is C11H13NO2. The molecule has 0 aliphatic heterocycles. The van der Waals surface area contributed by atoms with Crippen molar-refractivity contribution in [3.8, 4) is 11.5 Å². The van der Waals surface area contributed by atoms with Gasteiger partial charge in [-0.25, -0.2) is 6.57 Å². The summed E-state index contributed by atoms with van der Waals surface area (Å²) in [6, 6.07) is 5.72. The zero-order valence-corrected chi connectivity index (χ0v) is 8.41. The molecule has 3 heteroatoms. The number of methoxy groups -OCH3 is 2. The Labute approximate surface area is 84.1 Å².